The highest BCUT2D eigenvalue weighted by Crippen LogP contribution is 2.26. The highest BCUT2D eigenvalue weighted by atomic mass is 35.5. The van der Waals surface area contributed by atoms with Crippen LogP contribution < -0.4 is 5.73 Å². The lowest BCUT2D eigenvalue weighted by Gasteiger charge is -2.09. The first-order chi connectivity index (χ1) is 9.63. The van der Waals surface area contributed by atoms with Crippen LogP contribution in [0.5, 0.6) is 0 Å². The van der Waals surface area contributed by atoms with Gasteiger partial charge in [-0.25, -0.2) is 0 Å². The molecule has 0 atom stereocenters. The maximum absolute atomic E-state index is 12.4. The zero-order valence-electron chi connectivity index (χ0n) is 10.9. The molecule has 4 heteroatoms. The molecule has 0 spiro atoms. The molecule has 104 valence electrons. The summed E-state index contributed by atoms with van der Waals surface area (Å²) in [7, 11) is 0. The zero-order chi connectivity index (χ0) is 14.5. The molecule has 0 aliphatic heterocycles. The van der Waals surface area contributed by atoms with Crippen LogP contribution in [0.15, 0.2) is 42.5 Å². The van der Waals surface area contributed by atoms with Gasteiger partial charge in [-0.1, -0.05) is 59.6 Å². The predicted molar refractivity (Wildman–Crippen MR) is 83.7 cm³/mol. The van der Waals surface area contributed by atoms with Gasteiger partial charge < -0.3 is 5.73 Å². The van der Waals surface area contributed by atoms with Crippen molar-refractivity contribution >= 4 is 29.0 Å². The van der Waals surface area contributed by atoms with Gasteiger partial charge in [-0.2, -0.15) is 0 Å². The van der Waals surface area contributed by atoms with E-state index in [1.54, 1.807) is 12.1 Å². The Balaban J connectivity index is 2.26. The Bertz CT molecular complexity index is 626. The summed E-state index contributed by atoms with van der Waals surface area (Å²) >= 11 is 12.1. The highest BCUT2D eigenvalue weighted by Gasteiger charge is 2.14. The van der Waals surface area contributed by atoms with Gasteiger partial charge in [0, 0.05) is 12.0 Å². The molecule has 0 amide bonds. The molecule has 0 aliphatic carbocycles. The number of rotatable bonds is 5. The lowest BCUT2D eigenvalue weighted by atomic mass is 9.97. The zero-order valence-corrected chi connectivity index (χ0v) is 12.4. The second-order valence-corrected chi connectivity index (χ2v) is 5.29. The van der Waals surface area contributed by atoms with Gasteiger partial charge in [0.1, 0.15) is 0 Å². The second-order valence-electron chi connectivity index (χ2n) is 4.51. The molecule has 0 bridgehead atoms. The first-order valence-electron chi connectivity index (χ1n) is 6.37. The summed E-state index contributed by atoms with van der Waals surface area (Å²) in [6.07, 6.45) is 0.923. The van der Waals surface area contributed by atoms with Crippen LogP contribution in [-0.4, -0.2) is 12.3 Å². The Morgan fingerprint density at radius 3 is 2.45 bits per heavy atom. The van der Waals surface area contributed by atoms with Gasteiger partial charge in [0.25, 0.3) is 0 Å². The summed E-state index contributed by atoms with van der Waals surface area (Å²) in [6.45, 7) is 0.516. The number of hydrogen-bond donors (Lipinski definition) is 1. The van der Waals surface area contributed by atoms with E-state index in [0.29, 0.717) is 28.6 Å². The van der Waals surface area contributed by atoms with E-state index < -0.39 is 0 Å². The molecule has 2 rings (SSSR count). The number of nitrogens with two attached hydrogens (primary N) is 1. The Morgan fingerprint density at radius 1 is 1.00 bits per heavy atom. The molecule has 0 fully saturated rings. The number of carbonyl (C=O) groups excluding carboxylic acids is 1. The minimum Gasteiger partial charge on any atom is -0.330 e. The smallest absolute Gasteiger partial charge is 0.167 e. The van der Waals surface area contributed by atoms with E-state index in [1.165, 1.54) is 0 Å². The van der Waals surface area contributed by atoms with E-state index in [0.717, 1.165) is 11.1 Å². The van der Waals surface area contributed by atoms with Crippen LogP contribution in [0.2, 0.25) is 10.0 Å². The first-order valence-corrected chi connectivity index (χ1v) is 7.13. The van der Waals surface area contributed by atoms with Crippen LogP contribution in [0.3, 0.4) is 0 Å². The maximum Gasteiger partial charge on any atom is 0.167 e. The minimum atomic E-state index is 0.0261. The molecule has 0 aromatic heterocycles. The summed E-state index contributed by atoms with van der Waals surface area (Å²) in [5, 5.41) is 0.908. The van der Waals surface area contributed by atoms with Crippen molar-refractivity contribution in [1.29, 1.82) is 0 Å². The summed E-state index contributed by atoms with van der Waals surface area (Å²) in [6, 6.07) is 12.8. The third-order valence-electron chi connectivity index (χ3n) is 3.11. The van der Waals surface area contributed by atoms with Crippen molar-refractivity contribution in [1.82, 2.24) is 0 Å². The number of benzene rings is 2. The van der Waals surface area contributed by atoms with Gasteiger partial charge >= 0.3 is 0 Å². The van der Waals surface area contributed by atoms with Crippen LogP contribution in [-0.2, 0) is 12.8 Å². The Hall–Kier alpha value is -1.35. The third kappa shape index (κ3) is 3.40. The fourth-order valence-corrected chi connectivity index (χ4v) is 2.51. The molecule has 0 heterocycles. The number of Topliss-reactive ketones (excluding diaryl/α,β-unsaturated/α-hetero) is 1. The van der Waals surface area contributed by atoms with Gasteiger partial charge in [-0.3, -0.25) is 4.79 Å². The average Bonchev–Trinajstić information content (AvgIpc) is 2.45. The van der Waals surface area contributed by atoms with E-state index in [9.17, 15) is 4.79 Å². The normalized spacial score (nSPS) is 10.6. The molecule has 0 saturated heterocycles. The lowest BCUT2D eigenvalue weighted by Crippen LogP contribution is -2.11. The Kier molecular flexibility index (Phi) is 5.18. The van der Waals surface area contributed by atoms with E-state index in [-0.39, 0.29) is 12.2 Å². The van der Waals surface area contributed by atoms with Crippen LogP contribution >= 0.6 is 23.2 Å². The van der Waals surface area contributed by atoms with Crippen LogP contribution in [0.1, 0.15) is 21.5 Å². The molecular weight excluding hydrogens is 293 g/mol. The minimum absolute atomic E-state index is 0.0261. The SMILES string of the molecule is NCCc1ccccc1C(=O)Cc1cccc(Cl)c1Cl. The number of carbonyl (C=O) groups is 1. The quantitative estimate of drug-likeness (QED) is 0.851. The fourth-order valence-electron chi connectivity index (χ4n) is 2.12. The first kappa shape index (κ1) is 15.0. The van der Waals surface area contributed by atoms with Gasteiger partial charge in [-0.05, 0) is 30.2 Å². The topological polar surface area (TPSA) is 43.1 Å². The van der Waals surface area contributed by atoms with Crippen LogP contribution in [0.4, 0.5) is 0 Å². The van der Waals surface area contributed by atoms with Crippen molar-refractivity contribution in [3.8, 4) is 0 Å². The molecule has 2 aromatic carbocycles. The summed E-state index contributed by atoms with van der Waals surface area (Å²) in [5.74, 6) is 0.0261. The highest BCUT2D eigenvalue weighted by molar-refractivity contribution is 6.42. The predicted octanol–water partition coefficient (Wildman–Crippen LogP) is 3.92. The number of halogens is 2. The maximum atomic E-state index is 12.4. The third-order valence-corrected chi connectivity index (χ3v) is 3.97. The van der Waals surface area contributed by atoms with E-state index in [4.69, 9.17) is 28.9 Å². The van der Waals surface area contributed by atoms with Crippen LogP contribution in [0, 0.1) is 0 Å². The average molecular weight is 308 g/mol. The molecular formula is C16H15Cl2NO. The monoisotopic (exact) mass is 307 g/mol. The molecule has 2 N–H and O–H groups in total. The van der Waals surface area contributed by atoms with Crippen molar-refractivity contribution < 1.29 is 4.79 Å². The number of ketones is 1. The van der Waals surface area contributed by atoms with E-state index in [2.05, 4.69) is 0 Å². The Labute approximate surface area is 128 Å². The van der Waals surface area contributed by atoms with Gasteiger partial charge in [0.15, 0.2) is 5.78 Å². The van der Waals surface area contributed by atoms with Crippen LogP contribution in [0.25, 0.3) is 0 Å². The Morgan fingerprint density at radius 2 is 1.70 bits per heavy atom. The van der Waals surface area contributed by atoms with Gasteiger partial charge in [-0.15, -0.1) is 0 Å². The number of hydrogen-bond acceptors (Lipinski definition) is 2. The summed E-state index contributed by atoms with van der Waals surface area (Å²) < 4.78 is 0. The van der Waals surface area contributed by atoms with E-state index in [1.807, 2.05) is 30.3 Å². The van der Waals surface area contributed by atoms with E-state index >= 15 is 0 Å². The second kappa shape index (κ2) is 6.89. The molecule has 2 nitrogen and oxygen atoms in total. The molecule has 0 radical (unpaired) electrons. The fraction of sp³-hybridized carbons (Fsp3) is 0.188. The van der Waals surface area contributed by atoms with Crippen molar-refractivity contribution in [3.63, 3.8) is 0 Å². The van der Waals surface area contributed by atoms with Crippen molar-refractivity contribution in [2.24, 2.45) is 5.73 Å². The van der Waals surface area contributed by atoms with Gasteiger partial charge in [0.05, 0.1) is 10.0 Å². The van der Waals surface area contributed by atoms with Gasteiger partial charge in [0.2, 0.25) is 0 Å². The van der Waals surface area contributed by atoms with Crippen molar-refractivity contribution in [2.45, 2.75) is 12.8 Å². The molecule has 20 heavy (non-hydrogen) atoms. The lowest BCUT2D eigenvalue weighted by molar-refractivity contribution is 0.0992. The largest absolute Gasteiger partial charge is 0.330 e. The van der Waals surface area contributed by atoms with Crippen molar-refractivity contribution in [3.05, 3.63) is 69.2 Å². The summed E-state index contributed by atoms with van der Waals surface area (Å²) in [4.78, 5) is 12.4. The molecule has 0 saturated carbocycles. The molecule has 0 unspecified atom stereocenters. The summed E-state index contributed by atoms with van der Waals surface area (Å²) in [5.41, 5.74) is 7.99. The molecule has 2 aromatic rings. The molecule has 0 aliphatic rings. The standard InChI is InChI=1S/C16H15Cl2NO/c17-14-7-3-5-12(16(14)18)10-15(20)13-6-2-1-4-11(13)8-9-19/h1-7H,8-10,19H2. The van der Waals surface area contributed by atoms with Crippen molar-refractivity contribution in [2.75, 3.05) is 6.54 Å².